The monoisotopic (exact) mass is 535 g/mol. The van der Waals surface area contributed by atoms with Gasteiger partial charge in [-0.3, -0.25) is 5.32 Å². The summed E-state index contributed by atoms with van der Waals surface area (Å²) in [6.45, 7) is 0.724. The number of hydrogen-bond donors (Lipinski definition) is 2. The minimum absolute atomic E-state index is 0.0444. The second-order valence-electron chi connectivity index (χ2n) is 10.3. The molecule has 1 aliphatic rings. The molecule has 40 heavy (non-hydrogen) atoms. The standard InChI is InChI=1S/C34H25N5S/c35-20-22-14-16-24(17-15-22)33-37-39(33)34(36-21-23-8-2-1-3-9-23)38-29-12-6-4-10-25(29)27-19-32-28(18-30(27)38)26-11-5-7-13-31(26)40-32/h1-19,33-34,36-37H,21H2. The molecule has 2 aromatic heterocycles. The molecule has 7 aromatic rings. The van der Waals surface area contributed by atoms with Gasteiger partial charge in [-0.25, -0.2) is 5.43 Å². The first-order valence-corrected chi connectivity index (χ1v) is 14.3. The molecule has 5 aromatic carbocycles. The topological polar surface area (TPSA) is 65.7 Å². The SMILES string of the molecule is N#Cc1ccc(C2NN2C(NCc2ccccc2)n2c3ccccc3c3cc4sc5ccccc5c4cc32)cc1. The molecular weight excluding hydrogens is 510 g/mol. The number of nitrogens with one attached hydrogen (secondary N) is 2. The first-order valence-electron chi connectivity index (χ1n) is 13.4. The minimum Gasteiger partial charge on any atom is -0.310 e. The average molecular weight is 536 g/mol. The Morgan fingerprint density at radius 2 is 1.50 bits per heavy atom. The van der Waals surface area contributed by atoms with Crippen LogP contribution in [0, 0.1) is 11.3 Å². The molecule has 2 N–H and O–H groups in total. The highest BCUT2D eigenvalue weighted by atomic mass is 32.1. The summed E-state index contributed by atoms with van der Waals surface area (Å²) < 4.78 is 5.06. The number of nitriles is 1. The van der Waals surface area contributed by atoms with Gasteiger partial charge in [0.05, 0.1) is 22.7 Å². The average Bonchev–Trinajstić information content (AvgIpc) is 3.63. The zero-order chi connectivity index (χ0) is 26.6. The van der Waals surface area contributed by atoms with Crippen LogP contribution in [0.2, 0.25) is 0 Å². The maximum Gasteiger partial charge on any atom is 0.156 e. The van der Waals surface area contributed by atoms with Crippen LogP contribution in [-0.2, 0) is 6.54 Å². The lowest BCUT2D eigenvalue weighted by Gasteiger charge is -2.24. The summed E-state index contributed by atoms with van der Waals surface area (Å²) in [7, 11) is 0. The largest absolute Gasteiger partial charge is 0.310 e. The molecule has 1 fully saturated rings. The van der Waals surface area contributed by atoms with E-state index < -0.39 is 0 Å². The summed E-state index contributed by atoms with van der Waals surface area (Å²) in [5, 5.41) is 20.5. The smallest absolute Gasteiger partial charge is 0.156 e. The fourth-order valence-corrected chi connectivity index (χ4v) is 7.02. The van der Waals surface area contributed by atoms with E-state index >= 15 is 0 Å². The van der Waals surface area contributed by atoms with E-state index in [9.17, 15) is 5.26 Å². The third kappa shape index (κ3) is 3.80. The number of hydrogen-bond acceptors (Lipinski definition) is 5. The third-order valence-electron chi connectivity index (χ3n) is 7.89. The molecule has 0 bridgehead atoms. The Morgan fingerprint density at radius 1 is 0.750 bits per heavy atom. The summed E-state index contributed by atoms with van der Waals surface area (Å²) in [6.07, 6.45) is -0.103. The van der Waals surface area contributed by atoms with E-state index in [-0.39, 0.29) is 12.5 Å². The third-order valence-corrected chi connectivity index (χ3v) is 9.02. The molecule has 0 radical (unpaired) electrons. The highest BCUT2D eigenvalue weighted by Gasteiger charge is 2.42. The molecule has 0 spiro atoms. The van der Waals surface area contributed by atoms with Crippen molar-refractivity contribution >= 4 is 53.3 Å². The lowest BCUT2D eigenvalue weighted by Crippen LogP contribution is -2.33. The maximum atomic E-state index is 9.26. The van der Waals surface area contributed by atoms with E-state index in [0.717, 1.165) is 12.1 Å². The maximum absolute atomic E-state index is 9.26. The van der Waals surface area contributed by atoms with Gasteiger partial charge in [0.2, 0.25) is 0 Å². The number of hydrazine groups is 1. The summed E-state index contributed by atoms with van der Waals surface area (Å²) >= 11 is 1.86. The molecule has 3 heterocycles. The van der Waals surface area contributed by atoms with Crippen molar-refractivity contribution in [2.24, 2.45) is 0 Å². The zero-order valence-corrected chi connectivity index (χ0v) is 22.4. The Kier molecular flexibility index (Phi) is 5.44. The van der Waals surface area contributed by atoms with Gasteiger partial charge in [-0.2, -0.15) is 10.3 Å². The van der Waals surface area contributed by atoms with Crippen molar-refractivity contribution in [3.63, 3.8) is 0 Å². The fraction of sp³-hybridized carbons (Fsp3) is 0.0882. The van der Waals surface area contributed by atoms with Gasteiger partial charge in [0, 0.05) is 37.5 Å². The lowest BCUT2D eigenvalue weighted by molar-refractivity contribution is 0.219. The second kappa shape index (κ2) is 9.30. The Bertz CT molecular complexity index is 2070. The van der Waals surface area contributed by atoms with Crippen molar-refractivity contribution in [2.75, 3.05) is 0 Å². The van der Waals surface area contributed by atoms with Crippen LogP contribution < -0.4 is 10.7 Å². The van der Waals surface area contributed by atoms with Crippen LogP contribution in [0.3, 0.4) is 0 Å². The van der Waals surface area contributed by atoms with Crippen molar-refractivity contribution < 1.29 is 0 Å². The van der Waals surface area contributed by atoms with Crippen LogP contribution >= 0.6 is 11.3 Å². The molecule has 1 aliphatic heterocycles. The number of benzene rings is 5. The van der Waals surface area contributed by atoms with Crippen molar-refractivity contribution in [3.8, 4) is 6.07 Å². The normalized spacial score (nSPS) is 17.5. The van der Waals surface area contributed by atoms with Gasteiger partial charge in [-0.05, 0) is 47.5 Å². The van der Waals surface area contributed by atoms with Gasteiger partial charge >= 0.3 is 0 Å². The number of aromatic nitrogens is 1. The number of para-hydroxylation sites is 1. The van der Waals surface area contributed by atoms with Gasteiger partial charge in [0.1, 0.15) is 6.17 Å². The zero-order valence-electron chi connectivity index (χ0n) is 21.6. The van der Waals surface area contributed by atoms with Crippen LogP contribution in [0.1, 0.15) is 29.1 Å². The van der Waals surface area contributed by atoms with Gasteiger partial charge in [0.25, 0.3) is 0 Å². The van der Waals surface area contributed by atoms with E-state index in [1.807, 2.05) is 35.6 Å². The van der Waals surface area contributed by atoms with Crippen molar-refractivity contribution in [3.05, 3.63) is 132 Å². The Hall–Kier alpha value is -4.51. The van der Waals surface area contributed by atoms with E-state index in [2.05, 4.69) is 117 Å². The van der Waals surface area contributed by atoms with Crippen molar-refractivity contribution in [1.29, 1.82) is 5.26 Å². The van der Waals surface area contributed by atoms with Gasteiger partial charge in [0.15, 0.2) is 6.29 Å². The quantitative estimate of drug-likeness (QED) is 0.213. The number of rotatable bonds is 6. The summed E-state index contributed by atoms with van der Waals surface area (Å²) in [4.78, 5) is 0. The highest BCUT2D eigenvalue weighted by Crippen LogP contribution is 2.43. The van der Waals surface area contributed by atoms with Gasteiger partial charge in [-0.15, -0.1) is 11.3 Å². The molecule has 3 unspecified atom stereocenters. The molecule has 0 aliphatic carbocycles. The van der Waals surface area contributed by atoms with E-state index in [1.54, 1.807) is 0 Å². The molecule has 3 atom stereocenters. The Labute approximate surface area is 235 Å². The van der Waals surface area contributed by atoms with E-state index in [4.69, 9.17) is 0 Å². The second-order valence-corrected chi connectivity index (χ2v) is 11.3. The molecule has 192 valence electrons. The highest BCUT2D eigenvalue weighted by molar-refractivity contribution is 7.25. The first kappa shape index (κ1) is 23.4. The first-order chi connectivity index (χ1) is 19.8. The van der Waals surface area contributed by atoms with E-state index in [1.165, 1.54) is 47.5 Å². The van der Waals surface area contributed by atoms with Crippen LogP contribution in [0.25, 0.3) is 42.0 Å². The molecular formula is C34H25N5S. The molecule has 0 amide bonds. The molecule has 5 nitrogen and oxygen atoms in total. The lowest BCUT2D eigenvalue weighted by atomic mass is 10.1. The van der Waals surface area contributed by atoms with Gasteiger partial charge in [-0.1, -0.05) is 78.9 Å². The minimum atomic E-state index is -0.148. The van der Waals surface area contributed by atoms with Crippen LogP contribution in [0.4, 0.5) is 0 Å². The molecule has 0 saturated carbocycles. The summed E-state index contributed by atoms with van der Waals surface area (Å²) in [6, 6.07) is 42.7. The Balaban J connectivity index is 1.31. The van der Waals surface area contributed by atoms with Crippen molar-refractivity contribution in [1.82, 2.24) is 20.3 Å². The summed E-state index contributed by atoms with van der Waals surface area (Å²) in [5.74, 6) is 0. The number of fused-ring (bicyclic) bond motifs is 6. The summed E-state index contributed by atoms with van der Waals surface area (Å²) in [5.41, 5.74) is 9.04. The molecule has 1 saturated heterocycles. The van der Waals surface area contributed by atoms with Crippen LogP contribution in [-0.4, -0.2) is 9.58 Å². The van der Waals surface area contributed by atoms with Crippen LogP contribution in [0.15, 0.2) is 115 Å². The van der Waals surface area contributed by atoms with Crippen LogP contribution in [0.5, 0.6) is 0 Å². The predicted octanol–water partition coefficient (Wildman–Crippen LogP) is 7.80. The predicted molar refractivity (Wildman–Crippen MR) is 164 cm³/mol. The fourth-order valence-electron chi connectivity index (χ4n) is 5.89. The molecule has 6 heteroatoms. The van der Waals surface area contributed by atoms with E-state index in [0.29, 0.717) is 5.56 Å². The Morgan fingerprint density at radius 3 is 2.33 bits per heavy atom. The molecule has 8 rings (SSSR count). The van der Waals surface area contributed by atoms with Gasteiger partial charge < -0.3 is 4.57 Å². The number of nitrogens with zero attached hydrogens (tertiary/aromatic N) is 3. The number of thiophene rings is 1. The van der Waals surface area contributed by atoms with Crippen molar-refractivity contribution in [2.45, 2.75) is 19.0 Å².